The number of anilines is 1. The first kappa shape index (κ1) is 32.0. The number of carbonyl (C=O) groups excluding carboxylic acids is 2. The molecular formula is C33H40FN3O5S. The van der Waals surface area contributed by atoms with Gasteiger partial charge in [0.25, 0.3) is 0 Å². The fraction of sp³-hybridized carbons (Fsp3) is 0.394. The SMILES string of the molecule is COc1ccc(N(CCCC(=O)N(Cc2ccccc2F)[C@@H](Cc2ccccc2)C(=O)NC2CCCC2)S(C)(=O)=O)cc1. The molecule has 0 heterocycles. The van der Waals surface area contributed by atoms with Crippen molar-refractivity contribution in [1.82, 2.24) is 10.2 Å². The number of nitrogens with one attached hydrogen (secondary N) is 1. The number of hydrogen-bond donors (Lipinski definition) is 1. The van der Waals surface area contributed by atoms with E-state index in [2.05, 4.69) is 5.32 Å². The van der Waals surface area contributed by atoms with Crippen molar-refractivity contribution in [2.75, 3.05) is 24.2 Å². The molecular weight excluding hydrogens is 569 g/mol. The average Bonchev–Trinajstić information content (AvgIpc) is 3.51. The molecule has 0 unspecified atom stereocenters. The predicted octanol–water partition coefficient (Wildman–Crippen LogP) is 5.08. The summed E-state index contributed by atoms with van der Waals surface area (Å²) in [5.74, 6) is -0.486. The van der Waals surface area contributed by atoms with Gasteiger partial charge >= 0.3 is 0 Å². The van der Waals surface area contributed by atoms with Crippen LogP contribution in [0.1, 0.15) is 49.7 Å². The fourth-order valence-corrected chi connectivity index (χ4v) is 6.45. The van der Waals surface area contributed by atoms with Gasteiger partial charge in [0, 0.05) is 37.5 Å². The number of nitrogens with zero attached hydrogens (tertiary/aromatic N) is 2. The molecule has 3 aromatic carbocycles. The molecule has 1 atom stereocenters. The smallest absolute Gasteiger partial charge is 0.243 e. The molecule has 0 aliphatic heterocycles. The Morgan fingerprint density at radius 3 is 2.26 bits per heavy atom. The van der Waals surface area contributed by atoms with Gasteiger partial charge in [0.1, 0.15) is 17.6 Å². The molecule has 0 aromatic heterocycles. The van der Waals surface area contributed by atoms with Crippen molar-refractivity contribution in [1.29, 1.82) is 0 Å². The molecule has 1 aliphatic rings. The number of sulfonamides is 1. The molecule has 230 valence electrons. The topological polar surface area (TPSA) is 96.0 Å². The van der Waals surface area contributed by atoms with Gasteiger partial charge in [0.2, 0.25) is 21.8 Å². The van der Waals surface area contributed by atoms with Gasteiger partial charge in [-0.3, -0.25) is 13.9 Å². The van der Waals surface area contributed by atoms with Crippen LogP contribution in [0, 0.1) is 5.82 Å². The molecule has 1 fully saturated rings. The molecule has 10 heteroatoms. The summed E-state index contributed by atoms with van der Waals surface area (Å²) in [5.41, 5.74) is 1.64. The van der Waals surface area contributed by atoms with Gasteiger partial charge in [0.05, 0.1) is 19.1 Å². The highest BCUT2D eigenvalue weighted by atomic mass is 32.2. The molecule has 3 aromatic rings. The van der Waals surface area contributed by atoms with Crippen molar-refractivity contribution in [2.24, 2.45) is 0 Å². The largest absolute Gasteiger partial charge is 0.497 e. The zero-order valence-corrected chi connectivity index (χ0v) is 25.6. The van der Waals surface area contributed by atoms with Gasteiger partial charge < -0.3 is 15.0 Å². The van der Waals surface area contributed by atoms with Crippen molar-refractivity contribution in [3.05, 3.63) is 95.8 Å². The normalized spacial score (nSPS) is 14.2. The Bertz CT molecular complexity index is 1460. The maximum Gasteiger partial charge on any atom is 0.243 e. The van der Waals surface area contributed by atoms with E-state index >= 15 is 0 Å². The summed E-state index contributed by atoms with van der Waals surface area (Å²) in [5, 5.41) is 3.14. The zero-order chi connectivity index (χ0) is 30.8. The van der Waals surface area contributed by atoms with Crippen LogP contribution < -0.4 is 14.4 Å². The Morgan fingerprint density at radius 1 is 0.977 bits per heavy atom. The van der Waals surface area contributed by atoms with Crippen molar-refractivity contribution in [3.8, 4) is 5.75 Å². The highest BCUT2D eigenvalue weighted by Crippen LogP contribution is 2.24. The monoisotopic (exact) mass is 609 g/mol. The van der Waals surface area contributed by atoms with E-state index in [0.29, 0.717) is 17.0 Å². The van der Waals surface area contributed by atoms with Crippen LogP contribution in [0.4, 0.5) is 10.1 Å². The first-order chi connectivity index (χ1) is 20.7. The number of methoxy groups -OCH3 is 1. The maximum absolute atomic E-state index is 14.8. The standard InChI is InChI=1S/C33H40FN3O5S/c1-42-29-20-18-28(19-21-29)37(43(2,40)41)22-10-17-32(38)36(24-26-13-6-9-16-30(26)34)31(23-25-11-4-3-5-12-25)33(39)35-27-14-7-8-15-27/h3-6,9,11-13,16,18-21,27,31H,7-8,10,14-15,17,22-24H2,1-2H3,(H,35,39)/t31-/m0/s1. The summed E-state index contributed by atoms with van der Waals surface area (Å²) in [6.45, 7) is -0.0303. The zero-order valence-electron chi connectivity index (χ0n) is 24.7. The van der Waals surface area contributed by atoms with Gasteiger partial charge in [-0.25, -0.2) is 12.8 Å². The Morgan fingerprint density at radius 2 is 1.63 bits per heavy atom. The van der Waals surface area contributed by atoms with E-state index in [1.54, 1.807) is 42.5 Å². The number of rotatable bonds is 14. The summed E-state index contributed by atoms with van der Waals surface area (Å²) < 4.78 is 46.6. The summed E-state index contributed by atoms with van der Waals surface area (Å²) >= 11 is 0. The van der Waals surface area contributed by atoms with Crippen LogP contribution in [-0.2, 0) is 32.6 Å². The van der Waals surface area contributed by atoms with Crippen LogP contribution >= 0.6 is 0 Å². The van der Waals surface area contributed by atoms with Gasteiger partial charge in [-0.2, -0.15) is 0 Å². The molecule has 8 nitrogen and oxygen atoms in total. The molecule has 43 heavy (non-hydrogen) atoms. The maximum atomic E-state index is 14.8. The number of benzene rings is 3. The number of carbonyl (C=O) groups is 2. The first-order valence-corrected chi connectivity index (χ1v) is 16.5. The summed E-state index contributed by atoms with van der Waals surface area (Å²) in [4.78, 5) is 29.2. The van der Waals surface area contributed by atoms with E-state index in [4.69, 9.17) is 4.74 Å². The molecule has 0 saturated heterocycles. The molecule has 1 saturated carbocycles. The van der Waals surface area contributed by atoms with Crippen molar-refractivity contribution in [3.63, 3.8) is 0 Å². The highest BCUT2D eigenvalue weighted by Gasteiger charge is 2.32. The lowest BCUT2D eigenvalue weighted by Gasteiger charge is -2.33. The van der Waals surface area contributed by atoms with Crippen molar-refractivity contribution in [2.45, 2.75) is 63.6 Å². The van der Waals surface area contributed by atoms with E-state index in [0.717, 1.165) is 37.5 Å². The second kappa shape index (κ2) is 15.0. The Balaban J connectivity index is 1.58. The van der Waals surface area contributed by atoms with Crippen LogP contribution in [0.3, 0.4) is 0 Å². The number of amides is 2. The van der Waals surface area contributed by atoms with E-state index in [-0.39, 0.29) is 50.2 Å². The van der Waals surface area contributed by atoms with Crippen LogP contribution in [0.25, 0.3) is 0 Å². The second-order valence-electron chi connectivity index (χ2n) is 10.9. The first-order valence-electron chi connectivity index (χ1n) is 14.6. The lowest BCUT2D eigenvalue weighted by atomic mass is 10.0. The Labute approximate surface area is 253 Å². The van der Waals surface area contributed by atoms with E-state index < -0.39 is 21.9 Å². The minimum atomic E-state index is -3.64. The van der Waals surface area contributed by atoms with Crippen LogP contribution in [0.5, 0.6) is 5.75 Å². The Kier molecular flexibility index (Phi) is 11.2. The average molecular weight is 610 g/mol. The molecule has 0 bridgehead atoms. The van der Waals surface area contributed by atoms with Gasteiger partial charge in [0.15, 0.2) is 0 Å². The third-order valence-electron chi connectivity index (χ3n) is 7.78. The minimum absolute atomic E-state index is 0.0291. The minimum Gasteiger partial charge on any atom is -0.497 e. The van der Waals surface area contributed by atoms with Crippen LogP contribution in [0.2, 0.25) is 0 Å². The third kappa shape index (κ3) is 9.03. The lowest BCUT2D eigenvalue weighted by Crippen LogP contribution is -2.52. The third-order valence-corrected chi connectivity index (χ3v) is 8.98. The molecule has 4 rings (SSSR count). The number of ether oxygens (including phenoxy) is 1. The van der Waals surface area contributed by atoms with Gasteiger partial charge in [-0.1, -0.05) is 61.4 Å². The Hall–Kier alpha value is -3.92. The summed E-state index contributed by atoms with van der Waals surface area (Å²) in [6, 6.07) is 21.5. The van der Waals surface area contributed by atoms with Gasteiger partial charge in [-0.15, -0.1) is 0 Å². The van der Waals surface area contributed by atoms with Crippen LogP contribution in [0.15, 0.2) is 78.9 Å². The fourth-order valence-electron chi connectivity index (χ4n) is 5.48. The van der Waals surface area contributed by atoms with E-state index in [9.17, 15) is 22.4 Å². The van der Waals surface area contributed by atoms with E-state index in [1.165, 1.54) is 22.4 Å². The summed E-state index contributed by atoms with van der Waals surface area (Å²) in [7, 11) is -2.11. The molecule has 1 aliphatic carbocycles. The van der Waals surface area contributed by atoms with Gasteiger partial charge in [-0.05, 0) is 55.2 Å². The number of halogens is 1. The molecule has 0 radical (unpaired) electrons. The number of hydrogen-bond acceptors (Lipinski definition) is 5. The van der Waals surface area contributed by atoms with Crippen molar-refractivity contribution >= 4 is 27.5 Å². The molecule has 1 N–H and O–H groups in total. The van der Waals surface area contributed by atoms with Crippen molar-refractivity contribution < 1.29 is 27.1 Å². The predicted molar refractivity (Wildman–Crippen MR) is 166 cm³/mol. The summed E-state index contributed by atoms with van der Waals surface area (Å²) in [6.07, 6.45) is 5.41. The highest BCUT2D eigenvalue weighted by molar-refractivity contribution is 7.92. The molecule has 0 spiro atoms. The lowest BCUT2D eigenvalue weighted by molar-refractivity contribution is -0.141. The molecule has 2 amide bonds. The quantitative estimate of drug-likeness (QED) is 0.275. The van der Waals surface area contributed by atoms with Crippen LogP contribution in [-0.4, -0.2) is 57.1 Å². The van der Waals surface area contributed by atoms with E-state index in [1.807, 2.05) is 30.3 Å². The second-order valence-corrected chi connectivity index (χ2v) is 12.9.